The van der Waals surface area contributed by atoms with Gasteiger partial charge in [0.05, 0.1) is 37.5 Å². The molecule has 1 aliphatic rings. The lowest BCUT2D eigenvalue weighted by Crippen LogP contribution is -2.12. The second-order valence-electron chi connectivity index (χ2n) is 8.95. The standard InChI is InChI=1S/C29H27N5O3S/c1-5-37-16-24-17(2)26-27(21-11-9-20(10-12-21)22-8-6-7-19(13-22)15-30)31-23(14-25(35)36-4)28-33-32-18(3)34(28)29(26)38-24/h6-13,23H,5,14,16H2,1-4H3/t23-/m0/s1. The molecule has 38 heavy (non-hydrogen) atoms. The number of aromatic nitrogens is 3. The molecule has 1 aliphatic heterocycles. The van der Waals surface area contributed by atoms with Gasteiger partial charge in [-0.2, -0.15) is 5.26 Å². The Labute approximate surface area is 225 Å². The van der Waals surface area contributed by atoms with Gasteiger partial charge in [-0.3, -0.25) is 14.4 Å². The van der Waals surface area contributed by atoms with E-state index in [9.17, 15) is 10.1 Å². The van der Waals surface area contributed by atoms with E-state index < -0.39 is 6.04 Å². The molecule has 0 fully saturated rings. The number of ether oxygens (including phenoxy) is 2. The summed E-state index contributed by atoms with van der Waals surface area (Å²) in [5.74, 6) is 0.972. The first-order valence-corrected chi connectivity index (χ1v) is 13.1. The van der Waals surface area contributed by atoms with Crippen molar-refractivity contribution in [3.8, 4) is 22.2 Å². The van der Waals surface area contributed by atoms with Gasteiger partial charge in [0.15, 0.2) is 5.82 Å². The van der Waals surface area contributed by atoms with Crippen LogP contribution in [0, 0.1) is 25.2 Å². The Hall–Kier alpha value is -4.13. The molecular weight excluding hydrogens is 498 g/mol. The van der Waals surface area contributed by atoms with E-state index in [0.717, 1.165) is 49.2 Å². The van der Waals surface area contributed by atoms with Gasteiger partial charge in [0.2, 0.25) is 0 Å². The van der Waals surface area contributed by atoms with Gasteiger partial charge < -0.3 is 9.47 Å². The van der Waals surface area contributed by atoms with Gasteiger partial charge >= 0.3 is 5.97 Å². The molecule has 5 rings (SSSR count). The first-order valence-electron chi connectivity index (χ1n) is 12.3. The number of thiophene rings is 1. The van der Waals surface area contributed by atoms with E-state index in [4.69, 9.17) is 14.5 Å². The average Bonchev–Trinajstić information content (AvgIpc) is 3.44. The van der Waals surface area contributed by atoms with Crippen molar-refractivity contribution in [1.29, 1.82) is 5.26 Å². The molecule has 8 nitrogen and oxygen atoms in total. The minimum Gasteiger partial charge on any atom is -0.469 e. The number of carbonyl (C=O) groups excluding carboxylic acids is 1. The molecule has 2 aromatic carbocycles. The molecule has 0 bridgehead atoms. The second-order valence-corrected chi connectivity index (χ2v) is 10.0. The van der Waals surface area contributed by atoms with Gasteiger partial charge in [0, 0.05) is 22.6 Å². The molecule has 0 saturated carbocycles. The summed E-state index contributed by atoms with van der Waals surface area (Å²) < 4.78 is 12.8. The first-order chi connectivity index (χ1) is 18.4. The smallest absolute Gasteiger partial charge is 0.308 e. The third-order valence-corrected chi connectivity index (χ3v) is 7.86. The Kier molecular flexibility index (Phi) is 7.18. The van der Waals surface area contributed by atoms with Crippen molar-refractivity contribution < 1.29 is 14.3 Å². The highest BCUT2D eigenvalue weighted by Crippen LogP contribution is 2.40. The number of carbonyl (C=O) groups is 1. The summed E-state index contributed by atoms with van der Waals surface area (Å²) in [6.07, 6.45) is 0.0525. The molecule has 0 radical (unpaired) electrons. The van der Waals surface area contributed by atoms with Crippen LogP contribution in [0.15, 0.2) is 53.5 Å². The molecule has 0 spiro atoms. The van der Waals surface area contributed by atoms with Crippen molar-refractivity contribution in [2.24, 2.45) is 4.99 Å². The van der Waals surface area contributed by atoms with Crippen molar-refractivity contribution in [1.82, 2.24) is 14.8 Å². The molecule has 9 heteroatoms. The molecule has 2 aromatic heterocycles. The summed E-state index contributed by atoms with van der Waals surface area (Å²) >= 11 is 1.64. The number of fused-ring (bicyclic) bond motifs is 3. The zero-order valence-corrected chi connectivity index (χ0v) is 22.5. The number of methoxy groups -OCH3 is 1. The fraction of sp³-hybridized carbons (Fsp3) is 0.276. The number of aryl methyl sites for hydroxylation is 1. The van der Waals surface area contributed by atoms with Crippen LogP contribution >= 0.6 is 11.3 Å². The minimum atomic E-state index is -0.556. The largest absolute Gasteiger partial charge is 0.469 e. The zero-order chi connectivity index (χ0) is 26.8. The number of hydrogen-bond donors (Lipinski definition) is 0. The minimum absolute atomic E-state index is 0.0525. The molecule has 0 saturated heterocycles. The Morgan fingerprint density at radius 2 is 1.87 bits per heavy atom. The van der Waals surface area contributed by atoms with Crippen LogP contribution in [-0.4, -0.2) is 40.2 Å². The van der Waals surface area contributed by atoms with Gasteiger partial charge in [-0.25, -0.2) is 0 Å². The molecule has 0 amide bonds. The van der Waals surface area contributed by atoms with E-state index in [0.29, 0.717) is 24.6 Å². The lowest BCUT2D eigenvalue weighted by Gasteiger charge is -2.12. The summed E-state index contributed by atoms with van der Waals surface area (Å²) in [6, 6.07) is 17.3. The number of nitriles is 1. The summed E-state index contributed by atoms with van der Waals surface area (Å²) in [5, 5.41) is 19.0. The summed E-state index contributed by atoms with van der Waals surface area (Å²) in [4.78, 5) is 18.6. The number of aliphatic imine (C=N–C) groups is 1. The van der Waals surface area contributed by atoms with Crippen molar-refractivity contribution in [3.05, 3.63) is 87.3 Å². The maximum Gasteiger partial charge on any atom is 0.308 e. The zero-order valence-electron chi connectivity index (χ0n) is 21.7. The number of benzene rings is 2. The Morgan fingerprint density at radius 3 is 2.58 bits per heavy atom. The van der Waals surface area contributed by atoms with Crippen molar-refractivity contribution in [3.63, 3.8) is 0 Å². The molecule has 1 atom stereocenters. The third-order valence-electron chi connectivity index (χ3n) is 6.61. The molecule has 192 valence electrons. The second kappa shape index (κ2) is 10.7. The maximum absolute atomic E-state index is 12.4. The SMILES string of the molecule is CCOCc1sc2c(c1C)C(c1ccc(-c3cccc(C#N)c3)cc1)=N[C@@H](CC(=O)OC)c1nnc(C)n1-2. The van der Waals surface area contributed by atoms with Crippen LogP contribution in [0.25, 0.3) is 16.1 Å². The Balaban J connectivity index is 1.67. The molecule has 3 heterocycles. The van der Waals surface area contributed by atoms with Gasteiger partial charge in [-0.1, -0.05) is 36.4 Å². The number of nitrogens with zero attached hydrogens (tertiary/aromatic N) is 5. The van der Waals surface area contributed by atoms with Gasteiger partial charge in [-0.05, 0) is 49.6 Å². The van der Waals surface area contributed by atoms with E-state index in [-0.39, 0.29) is 12.4 Å². The Morgan fingerprint density at radius 1 is 1.11 bits per heavy atom. The first kappa shape index (κ1) is 25.5. The van der Waals surface area contributed by atoms with Crippen LogP contribution in [0.5, 0.6) is 0 Å². The van der Waals surface area contributed by atoms with Crippen molar-refractivity contribution in [2.45, 2.75) is 39.8 Å². The van der Waals surface area contributed by atoms with E-state index >= 15 is 0 Å². The highest BCUT2D eigenvalue weighted by atomic mass is 32.1. The van der Waals surface area contributed by atoms with E-state index in [1.165, 1.54) is 7.11 Å². The topological polar surface area (TPSA) is 102 Å². The molecular formula is C29H27N5O3S. The third kappa shape index (κ3) is 4.64. The lowest BCUT2D eigenvalue weighted by atomic mass is 9.96. The van der Waals surface area contributed by atoms with Crippen LogP contribution in [0.4, 0.5) is 0 Å². The summed E-state index contributed by atoms with van der Waals surface area (Å²) in [6.45, 7) is 7.09. The molecule has 0 N–H and O–H groups in total. The van der Waals surface area contributed by atoms with Crippen molar-refractivity contribution in [2.75, 3.05) is 13.7 Å². The monoisotopic (exact) mass is 525 g/mol. The summed E-state index contributed by atoms with van der Waals surface area (Å²) in [5.41, 5.74) is 6.35. The number of esters is 1. The quantitative estimate of drug-likeness (QED) is 0.296. The van der Waals surface area contributed by atoms with Crippen LogP contribution in [0.2, 0.25) is 0 Å². The fourth-order valence-corrected chi connectivity index (χ4v) is 5.92. The van der Waals surface area contributed by atoms with Crippen LogP contribution in [0.1, 0.15) is 58.2 Å². The average molecular weight is 526 g/mol. The maximum atomic E-state index is 12.4. The molecule has 0 aliphatic carbocycles. The van der Waals surface area contributed by atoms with Crippen LogP contribution in [-0.2, 0) is 20.9 Å². The molecule has 4 aromatic rings. The predicted molar refractivity (Wildman–Crippen MR) is 146 cm³/mol. The Bertz CT molecular complexity index is 1580. The van der Waals surface area contributed by atoms with Gasteiger partial charge in [0.25, 0.3) is 0 Å². The number of hydrogen-bond acceptors (Lipinski definition) is 8. The summed E-state index contributed by atoms with van der Waals surface area (Å²) in [7, 11) is 1.38. The van der Waals surface area contributed by atoms with Crippen LogP contribution < -0.4 is 0 Å². The predicted octanol–water partition coefficient (Wildman–Crippen LogP) is 5.48. The van der Waals surface area contributed by atoms with Gasteiger partial charge in [0.1, 0.15) is 16.9 Å². The lowest BCUT2D eigenvalue weighted by molar-refractivity contribution is -0.141. The number of rotatable bonds is 7. The highest BCUT2D eigenvalue weighted by Gasteiger charge is 2.33. The van der Waals surface area contributed by atoms with E-state index in [1.54, 1.807) is 17.4 Å². The van der Waals surface area contributed by atoms with Gasteiger partial charge in [-0.15, -0.1) is 21.5 Å². The fourth-order valence-electron chi connectivity index (χ4n) is 4.62. The van der Waals surface area contributed by atoms with E-state index in [1.807, 2.05) is 60.9 Å². The van der Waals surface area contributed by atoms with Crippen molar-refractivity contribution >= 4 is 23.0 Å². The van der Waals surface area contributed by atoms with E-state index in [2.05, 4.69) is 23.2 Å². The normalized spacial score (nSPS) is 14.2. The highest BCUT2D eigenvalue weighted by molar-refractivity contribution is 7.15. The van der Waals surface area contributed by atoms with Crippen LogP contribution in [0.3, 0.4) is 0 Å². The molecule has 0 unspecified atom stereocenters.